The van der Waals surface area contributed by atoms with Crippen molar-refractivity contribution >= 4 is 23.2 Å². The summed E-state index contributed by atoms with van der Waals surface area (Å²) in [5.41, 5.74) is 2.38. The van der Waals surface area contributed by atoms with Crippen LogP contribution in [-0.2, 0) is 16.1 Å². The lowest BCUT2D eigenvalue weighted by Crippen LogP contribution is -2.42. The molecule has 0 radical (unpaired) electrons. The molecule has 0 atom stereocenters. The topological polar surface area (TPSA) is 55.9 Å². The number of hydrogen-bond donors (Lipinski definition) is 1. The van der Waals surface area contributed by atoms with Gasteiger partial charge in [-0.05, 0) is 37.9 Å². The maximum Gasteiger partial charge on any atom is 0.228 e. The van der Waals surface area contributed by atoms with Gasteiger partial charge in [-0.2, -0.15) is 0 Å². The summed E-state index contributed by atoms with van der Waals surface area (Å²) in [5.74, 6) is 0.103. The Morgan fingerprint density at radius 3 is 2.15 bits per heavy atom. The molecule has 2 amide bonds. The first-order valence-corrected chi connectivity index (χ1v) is 9.50. The highest BCUT2D eigenvalue weighted by Gasteiger charge is 2.28. The minimum atomic E-state index is -0.446. The standard InChI is InChI=1S/C21H36N4O2/c1-9-19(26)22-17-10-11-18(24(7)8)16(14-17)15-25(13-12-23(5)6)20(27)21(2,3)4/h10-11,14H,9,12-13,15H2,1-8H3,(H,22,26). The molecule has 6 nitrogen and oxygen atoms in total. The molecule has 1 aromatic rings. The third kappa shape index (κ3) is 7.21. The molecule has 0 aliphatic rings. The molecule has 1 aromatic carbocycles. The molecular formula is C21H36N4O2. The summed E-state index contributed by atoms with van der Waals surface area (Å²) in [5, 5.41) is 2.91. The Balaban J connectivity index is 3.21. The molecule has 27 heavy (non-hydrogen) atoms. The van der Waals surface area contributed by atoms with Crippen LogP contribution in [0.25, 0.3) is 0 Å². The summed E-state index contributed by atoms with van der Waals surface area (Å²) >= 11 is 0. The number of carbonyl (C=O) groups is 2. The number of nitrogens with zero attached hydrogens (tertiary/aromatic N) is 3. The average molecular weight is 377 g/mol. The van der Waals surface area contributed by atoms with Gasteiger partial charge in [0.15, 0.2) is 0 Å². The van der Waals surface area contributed by atoms with Crippen LogP contribution >= 0.6 is 0 Å². The number of anilines is 2. The molecule has 0 saturated heterocycles. The van der Waals surface area contributed by atoms with Gasteiger partial charge in [0.2, 0.25) is 11.8 Å². The van der Waals surface area contributed by atoms with Crippen LogP contribution in [0.4, 0.5) is 11.4 Å². The van der Waals surface area contributed by atoms with Gasteiger partial charge in [-0.15, -0.1) is 0 Å². The first-order chi connectivity index (χ1) is 12.5. The molecule has 0 fully saturated rings. The van der Waals surface area contributed by atoms with E-state index in [1.54, 1.807) is 0 Å². The Kier molecular flexibility index (Phi) is 8.28. The summed E-state index contributed by atoms with van der Waals surface area (Å²) in [6.45, 7) is 9.63. The van der Waals surface area contributed by atoms with Gasteiger partial charge in [-0.25, -0.2) is 0 Å². The number of rotatable bonds is 8. The molecule has 1 rings (SSSR count). The third-order valence-corrected chi connectivity index (χ3v) is 4.27. The van der Waals surface area contributed by atoms with Crippen molar-refractivity contribution in [3.05, 3.63) is 23.8 Å². The molecule has 0 unspecified atom stereocenters. The second-order valence-electron chi connectivity index (χ2n) is 8.42. The van der Waals surface area contributed by atoms with E-state index < -0.39 is 5.41 Å². The van der Waals surface area contributed by atoms with E-state index in [4.69, 9.17) is 0 Å². The first kappa shape index (κ1) is 23.0. The van der Waals surface area contributed by atoms with Crippen molar-refractivity contribution in [1.82, 2.24) is 9.80 Å². The summed E-state index contributed by atoms with van der Waals surface area (Å²) in [4.78, 5) is 30.8. The minimum Gasteiger partial charge on any atom is -0.377 e. The molecule has 0 heterocycles. The van der Waals surface area contributed by atoms with E-state index in [0.717, 1.165) is 23.5 Å². The van der Waals surface area contributed by atoms with Crippen LogP contribution in [-0.4, -0.2) is 62.9 Å². The first-order valence-electron chi connectivity index (χ1n) is 9.50. The van der Waals surface area contributed by atoms with E-state index in [9.17, 15) is 9.59 Å². The summed E-state index contributed by atoms with van der Waals surface area (Å²) in [6, 6.07) is 5.87. The Morgan fingerprint density at radius 1 is 1.04 bits per heavy atom. The van der Waals surface area contributed by atoms with Gasteiger partial charge in [0.1, 0.15) is 0 Å². The van der Waals surface area contributed by atoms with Crippen LogP contribution in [0.2, 0.25) is 0 Å². The van der Waals surface area contributed by atoms with Crippen molar-refractivity contribution in [3.63, 3.8) is 0 Å². The van der Waals surface area contributed by atoms with E-state index in [2.05, 4.69) is 10.2 Å². The van der Waals surface area contributed by atoms with Crippen molar-refractivity contribution in [2.45, 2.75) is 40.7 Å². The lowest BCUT2D eigenvalue weighted by molar-refractivity contribution is -0.140. The molecule has 0 saturated carbocycles. The highest BCUT2D eigenvalue weighted by Crippen LogP contribution is 2.26. The summed E-state index contributed by atoms with van der Waals surface area (Å²) < 4.78 is 0. The largest absolute Gasteiger partial charge is 0.377 e. The SMILES string of the molecule is CCC(=O)Nc1ccc(N(C)C)c(CN(CCN(C)C)C(=O)C(C)(C)C)c1. The summed E-state index contributed by atoms with van der Waals surface area (Å²) in [6.07, 6.45) is 0.433. The molecule has 0 aliphatic heterocycles. The van der Waals surface area contributed by atoms with Gasteiger partial charge in [0.05, 0.1) is 0 Å². The van der Waals surface area contributed by atoms with Crippen molar-refractivity contribution < 1.29 is 9.59 Å². The fraction of sp³-hybridized carbons (Fsp3) is 0.619. The summed E-state index contributed by atoms with van der Waals surface area (Å²) in [7, 11) is 7.98. The Labute approximate surface area is 164 Å². The quantitative estimate of drug-likeness (QED) is 0.758. The zero-order valence-corrected chi connectivity index (χ0v) is 18.2. The predicted octanol–water partition coefficient (Wildman–Crippen LogP) is 3.04. The number of benzene rings is 1. The predicted molar refractivity (Wildman–Crippen MR) is 113 cm³/mol. The van der Waals surface area contributed by atoms with Crippen LogP contribution < -0.4 is 10.2 Å². The Morgan fingerprint density at radius 2 is 1.67 bits per heavy atom. The van der Waals surface area contributed by atoms with Crippen LogP contribution in [0.3, 0.4) is 0 Å². The molecule has 6 heteroatoms. The lowest BCUT2D eigenvalue weighted by Gasteiger charge is -2.32. The monoisotopic (exact) mass is 376 g/mol. The smallest absolute Gasteiger partial charge is 0.228 e. The van der Waals surface area contributed by atoms with Crippen molar-refractivity contribution in [1.29, 1.82) is 0 Å². The van der Waals surface area contributed by atoms with E-state index >= 15 is 0 Å². The normalized spacial score (nSPS) is 11.4. The number of carbonyl (C=O) groups excluding carboxylic acids is 2. The van der Waals surface area contributed by atoms with E-state index in [1.807, 2.05) is 83.9 Å². The number of hydrogen-bond acceptors (Lipinski definition) is 4. The third-order valence-electron chi connectivity index (χ3n) is 4.27. The van der Waals surface area contributed by atoms with Crippen LogP contribution in [0.15, 0.2) is 18.2 Å². The fourth-order valence-electron chi connectivity index (χ4n) is 2.73. The maximum absolute atomic E-state index is 13.0. The average Bonchev–Trinajstić information content (AvgIpc) is 2.56. The van der Waals surface area contributed by atoms with E-state index in [0.29, 0.717) is 19.5 Å². The van der Waals surface area contributed by atoms with Crippen molar-refractivity contribution in [2.75, 3.05) is 51.5 Å². The van der Waals surface area contributed by atoms with Gasteiger partial charge in [0.25, 0.3) is 0 Å². The molecule has 0 spiro atoms. The second kappa shape index (κ2) is 9.74. The highest BCUT2D eigenvalue weighted by molar-refractivity contribution is 5.91. The van der Waals surface area contributed by atoms with E-state index in [1.165, 1.54) is 0 Å². The Hall–Kier alpha value is -2.08. The molecular weight excluding hydrogens is 340 g/mol. The van der Waals surface area contributed by atoms with Crippen molar-refractivity contribution in [2.24, 2.45) is 5.41 Å². The number of likely N-dealkylation sites (N-methyl/N-ethyl adjacent to an activating group) is 1. The Bertz CT molecular complexity index is 648. The number of amides is 2. The second-order valence-corrected chi connectivity index (χ2v) is 8.42. The number of nitrogens with one attached hydrogen (secondary N) is 1. The van der Waals surface area contributed by atoms with Gasteiger partial charge in [-0.3, -0.25) is 9.59 Å². The van der Waals surface area contributed by atoms with E-state index in [-0.39, 0.29) is 11.8 Å². The molecule has 0 aliphatic carbocycles. The molecule has 1 N–H and O–H groups in total. The zero-order chi connectivity index (χ0) is 20.8. The highest BCUT2D eigenvalue weighted by atomic mass is 16.2. The van der Waals surface area contributed by atoms with Crippen molar-refractivity contribution in [3.8, 4) is 0 Å². The van der Waals surface area contributed by atoms with Crippen LogP contribution in [0, 0.1) is 5.41 Å². The zero-order valence-electron chi connectivity index (χ0n) is 18.2. The van der Waals surface area contributed by atoms with Crippen LogP contribution in [0.1, 0.15) is 39.7 Å². The van der Waals surface area contributed by atoms with Gasteiger partial charge in [0, 0.05) is 56.9 Å². The molecule has 0 aromatic heterocycles. The minimum absolute atomic E-state index is 0.0196. The van der Waals surface area contributed by atoms with Crippen LogP contribution in [0.5, 0.6) is 0 Å². The maximum atomic E-state index is 13.0. The lowest BCUT2D eigenvalue weighted by atomic mass is 9.94. The van der Waals surface area contributed by atoms with Gasteiger partial charge >= 0.3 is 0 Å². The fourth-order valence-corrected chi connectivity index (χ4v) is 2.73. The van der Waals surface area contributed by atoms with Gasteiger partial charge in [-0.1, -0.05) is 27.7 Å². The molecule has 152 valence electrons. The van der Waals surface area contributed by atoms with Gasteiger partial charge < -0.3 is 20.0 Å². The molecule has 0 bridgehead atoms.